The summed E-state index contributed by atoms with van der Waals surface area (Å²) in [6.07, 6.45) is 1.61. The van der Waals surface area contributed by atoms with Gasteiger partial charge in [-0.3, -0.25) is 4.90 Å². The van der Waals surface area contributed by atoms with Gasteiger partial charge < -0.3 is 16.0 Å². The first-order chi connectivity index (χ1) is 17.2. The number of benzene rings is 3. The first kappa shape index (κ1) is 22.9. The van der Waals surface area contributed by atoms with Crippen LogP contribution >= 0.6 is 0 Å². The van der Waals surface area contributed by atoms with E-state index in [0.717, 1.165) is 32.0 Å². The number of hydrogen-bond acceptors (Lipinski definition) is 6. The largest absolute Gasteiger partial charge is 0.393 e. The SMILES string of the molecule is CC(Nc1ncnc(N2CCN(C(c3ccccc3)c3ccccc3)CC2)c1N)c1ccccc1. The van der Waals surface area contributed by atoms with Gasteiger partial charge in [0.1, 0.15) is 12.0 Å². The summed E-state index contributed by atoms with van der Waals surface area (Å²) in [5.74, 6) is 1.48. The molecule has 2 heterocycles. The Hall–Kier alpha value is -3.90. The van der Waals surface area contributed by atoms with Crippen LogP contribution in [0.3, 0.4) is 0 Å². The predicted molar refractivity (Wildman–Crippen MR) is 143 cm³/mol. The summed E-state index contributed by atoms with van der Waals surface area (Å²) in [5, 5.41) is 3.46. The zero-order chi connectivity index (χ0) is 24.0. The fourth-order valence-corrected chi connectivity index (χ4v) is 4.86. The Morgan fingerprint density at radius 3 is 1.77 bits per heavy atom. The molecule has 0 aliphatic carbocycles. The highest BCUT2D eigenvalue weighted by atomic mass is 15.3. The fourth-order valence-electron chi connectivity index (χ4n) is 4.86. The lowest BCUT2D eigenvalue weighted by molar-refractivity contribution is 0.212. The molecule has 1 saturated heterocycles. The number of nitrogens with two attached hydrogens (primary N) is 1. The van der Waals surface area contributed by atoms with Gasteiger partial charge in [0.25, 0.3) is 0 Å². The molecule has 0 saturated carbocycles. The maximum atomic E-state index is 6.57. The molecule has 0 amide bonds. The van der Waals surface area contributed by atoms with Gasteiger partial charge in [-0.25, -0.2) is 9.97 Å². The molecule has 1 atom stereocenters. The number of piperazine rings is 1. The van der Waals surface area contributed by atoms with Gasteiger partial charge in [0.15, 0.2) is 11.6 Å². The van der Waals surface area contributed by atoms with Gasteiger partial charge in [0, 0.05) is 26.2 Å². The van der Waals surface area contributed by atoms with E-state index in [0.29, 0.717) is 11.5 Å². The van der Waals surface area contributed by atoms with E-state index in [2.05, 4.69) is 105 Å². The third kappa shape index (κ3) is 5.12. The number of nitrogens with zero attached hydrogens (tertiary/aromatic N) is 4. The van der Waals surface area contributed by atoms with Gasteiger partial charge in [-0.05, 0) is 23.6 Å². The Morgan fingerprint density at radius 2 is 1.23 bits per heavy atom. The standard InChI is InChI=1S/C29H32N6/c1-22(23-11-5-2-6-12-23)33-28-26(30)29(32-21-31-28)35-19-17-34(18-20-35)27(24-13-7-3-8-14-24)25-15-9-4-10-16-25/h2-16,21-22,27H,17-20,30H2,1H3,(H,31,32,33). The van der Waals surface area contributed by atoms with Crippen LogP contribution in [-0.4, -0.2) is 41.0 Å². The highest BCUT2D eigenvalue weighted by molar-refractivity contribution is 5.75. The molecule has 6 heteroatoms. The molecule has 0 bridgehead atoms. The maximum Gasteiger partial charge on any atom is 0.157 e. The van der Waals surface area contributed by atoms with Crippen molar-refractivity contribution in [3.8, 4) is 0 Å². The van der Waals surface area contributed by atoms with E-state index in [-0.39, 0.29) is 12.1 Å². The normalized spacial score (nSPS) is 15.2. The lowest BCUT2D eigenvalue weighted by Crippen LogP contribution is -2.48. The van der Waals surface area contributed by atoms with Crippen molar-refractivity contribution in [2.24, 2.45) is 0 Å². The lowest BCUT2D eigenvalue weighted by atomic mass is 9.96. The molecule has 0 spiro atoms. The number of rotatable bonds is 7. The number of anilines is 3. The average Bonchev–Trinajstić information content (AvgIpc) is 2.92. The molecule has 3 N–H and O–H groups in total. The summed E-state index contributed by atoms with van der Waals surface area (Å²) in [6, 6.07) is 32.1. The van der Waals surface area contributed by atoms with Crippen LogP contribution in [0.4, 0.5) is 17.3 Å². The van der Waals surface area contributed by atoms with Crippen LogP contribution in [0.1, 0.15) is 35.7 Å². The van der Waals surface area contributed by atoms with Crippen LogP contribution < -0.4 is 16.0 Å². The molecule has 4 aromatic rings. The number of hydrogen-bond donors (Lipinski definition) is 2. The Bertz CT molecular complexity index is 1170. The first-order valence-corrected chi connectivity index (χ1v) is 12.2. The third-order valence-corrected chi connectivity index (χ3v) is 6.73. The van der Waals surface area contributed by atoms with Crippen molar-refractivity contribution in [1.29, 1.82) is 0 Å². The van der Waals surface area contributed by atoms with Crippen LogP contribution in [-0.2, 0) is 0 Å². The molecule has 1 aromatic heterocycles. The fraction of sp³-hybridized carbons (Fsp3) is 0.241. The molecule has 178 valence electrons. The first-order valence-electron chi connectivity index (χ1n) is 12.2. The Balaban J connectivity index is 1.31. The molecule has 1 fully saturated rings. The van der Waals surface area contributed by atoms with Crippen molar-refractivity contribution in [3.05, 3.63) is 114 Å². The van der Waals surface area contributed by atoms with E-state index in [9.17, 15) is 0 Å². The highest BCUT2D eigenvalue weighted by Gasteiger charge is 2.28. The molecule has 5 rings (SSSR count). The number of aromatic nitrogens is 2. The lowest BCUT2D eigenvalue weighted by Gasteiger charge is -2.40. The summed E-state index contributed by atoms with van der Waals surface area (Å²) in [7, 11) is 0. The number of nitrogen functional groups attached to an aromatic ring is 1. The smallest absolute Gasteiger partial charge is 0.157 e. The third-order valence-electron chi connectivity index (χ3n) is 6.73. The van der Waals surface area contributed by atoms with Gasteiger partial charge in [-0.15, -0.1) is 0 Å². The zero-order valence-electron chi connectivity index (χ0n) is 20.1. The second-order valence-electron chi connectivity index (χ2n) is 8.98. The van der Waals surface area contributed by atoms with Gasteiger partial charge in [-0.2, -0.15) is 0 Å². The van der Waals surface area contributed by atoms with Crippen molar-refractivity contribution in [2.75, 3.05) is 42.1 Å². The van der Waals surface area contributed by atoms with E-state index in [1.54, 1.807) is 6.33 Å². The van der Waals surface area contributed by atoms with Gasteiger partial charge in [0.05, 0.1) is 12.1 Å². The molecule has 0 radical (unpaired) electrons. The topological polar surface area (TPSA) is 70.3 Å². The summed E-state index contributed by atoms with van der Waals surface area (Å²) >= 11 is 0. The summed E-state index contributed by atoms with van der Waals surface area (Å²) < 4.78 is 0. The van der Waals surface area contributed by atoms with Crippen LogP contribution in [0.2, 0.25) is 0 Å². The number of nitrogens with one attached hydrogen (secondary N) is 1. The molecule has 3 aromatic carbocycles. The minimum atomic E-state index is 0.0931. The summed E-state index contributed by atoms with van der Waals surface area (Å²) in [4.78, 5) is 13.8. The van der Waals surface area contributed by atoms with E-state index in [4.69, 9.17) is 5.73 Å². The van der Waals surface area contributed by atoms with Crippen molar-refractivity contribution in [3.63, 3.8) is 0 Å². The van der Waals surface area contributed by atoms with E-state index in [1.807, 2.05) is 18.2 Å². The molecular weight excluding hydrogens is 432 g/mol. The zero-order valence-corrected chi connectivity index (χ0v) is 20.1. The highest BCUT2D eigenvalue weighted by Crippen LogP contribution is 2.33. The van der Waals surface area contributed by atoms with Crippen LogP contribution in [0.25, 0.3) is 0 Å². The van der Waals surface area contributed by atoms with Crippen LogP contribution in [0.15, 0.2) is 97.3 Å². The molecular formula is C29H32N6. The molecule has 1 unspecified atom stereocenters. The van der Waals surface area contributed by atoms with Gasteiger partial charge in [0.2, 0.25) is 0 Å². The van der Waals surface area contributed by atoms with Crippen molar-refractivity contribution < 1.29 is 0 Å². The monoisotopic (exact) mass is 464 g/mol. The summed E-state index contributed by atoms with van der Waals surface area (Å²) in [6.45, 7) is 5.65. The molecule has 1 aliphatic rings. The predicted octanol–water partition coefficient (Wildman–Crippen LogP) is 5.14. The Kier molecular flexibility index (Phi) is 6.91. The minimum absolute atomic E-state index is 0.0931. The van der Waals surface area contributed by atoms with Crippen LogP contribution in [0.5, 0.6) is 0 Å². The van der Waals surface area contributed by atoms with Crippen LogP contribution in [0, 0.1) is 0 Å². The van der Waals surface area contributed by atoms with Crippen molar-refractivity contribution in [2.45, 2.75) is 19.0 Å². The minimum Gasteiger partial charge on any atom is -0.393 e. The second kappa shape index (κ2) is 10.6. The molecule has 35 heavy (non-hydrogen) atoms. The molecule has 1 aliphatic heterocycles. The summed E-state index contributed by atoms with van der Waals surface area (Å²) in [5.41, 5.74) is 11.0. The van der Waals surface area contributed by atoms with Crippen molar-refractivity contribution in [1.82, 2.24) is 14.9 Å². The van der Waals surface area contributed by atoms with E-state index in [1.165, 1.54) is 16.7 Å². The second-order valence-corrected chi connectivity index (χ2v) is 8.98. The van der Waals surface area contributed by atoms with Crippen molar-refractivity contribution >= 4 is 17.3 Å². The van der Waals surface area contributed by atoms with Gasteiger partial charge in [-0.1, -0.05) is 91.0 Å². The van der Waals surface area contributed by atoms with E-state index < -0.39 is 0 Å². The quantitative estimate of drug-likeness (QED) is 0.395. The van der Waals surface area contributed by atoms with Gasteiger partial charge >= 0.3 is 0 Å². The maximum absolute atomic E-state index is 6.57. The molecule has 6 nitrogen and oxygen atoms in total. The Labute approximate surface area is 207 Å². The van der Waals surface area contributed by atoms with E-state index >= 15 is 0 Å². The Morgan fingerprint density at radius 1 is 0.714 bits per heavy atom. The average molecular weight is 465 g/mol.